The molecule has 1 aliphatic heterocycles. The maximum absolute atomic E-state index is 12.4. The Morgan fingerprint density at radius 2 is 2.30 bits per heavy atom. The summed E-state index contributed by atoms with van der Waals surface area (Å²) in [5, 5.41) is 0. The Morgan fingerprint density at radius 3 is 2.95 bits per heavy atom. The minimum atomic E-state index is -0.0662. The second-order valence-electron chi connectivity index (χ2n) is 5.63. The maximum Gasteiger partial charge on any atom is 0.272 e. The highest BCUT2D eigenvalue weighted by atomic mass is 16.5. The van der Waals surface area contributed by atoms with E-state index in [-0.39, 0.29) is 17.9 Å². The first-order valence-electron chi connectivity index (χ1n) is 7.28. The van der Waals surface area contributed by atoms with E-state index in [4.69, 9.17) is 4.74 Å². The quantitative estimate of drug-likeness (QED) is 0.847. The van der Waals surface area contributed by atoms with Crippen LogP contribution < -0.4 is 0 Å². The molecule has 1 aromatic heterocycles. The predicted molar refractivity (Wildman–Crippen MR) is 76.7 cm³/mol. The molecule has 110 valence electrons. The van der Waals surface area contributed by atoms with Crippen molar-refractivity contribution in [1.82, 2.24) is 14.9 Å². The zero-order valence-corrected chi connectivity index (χ0v) is 12.5. The van der Waals surface area contributed by atoms with E-state index in [9.17, 15) is 4.79 Å². The van der Waals surface area contributed by atoms with Gasteiger partial charge in [-0.05, 0) is 25.3 Å². The molecule has 5 nitrogen and oxygen atoms in total. The van der Waals surface area contributed by atoms with Gasteiger partial charge in [-0.3, -0.25) is 4.79 Å². The Hall–Kier alpha value is -1.49. The van der Waals surface area contributed by atoms with Gasteiger partial charge in [-0.2, -0.15) is 0 Å². The summed E-state index contributed by atoms with van der Waals surface area (Å²) in [4.78, 5) is 22.6. The molecule has 1 amide bonds. The zero-order valence-electron chi connectivity index (χ0n) is 12.5. The zero-order chi connectivity index (χ0) is 14.5. The number of hydrogen-bond acceptors (Lipinski definition) is 4. The molecule has 2 heterocycles. The average molecular weight is 277 g/mol. The Kier molecular flexibility index (Phi) is 5.06. The molecule has 1 aromatic rings. The minimum absolute atomic E-state index is 0.0662. The molecule has 1 aliphatic rings. The molecule has 0 aliphatic carbocycles. The van der Waals surface area contributed by atoms with Gasteiger partial charge in [-0.1, -0.05) is 13.8 Å². The fourth-order valence-corrected chi connectivity index (χ4v) is 2.31. The summed E-state index contributed by atoms with van der Waals surface area (Å²) in [6.45, 7) is 5.46. The van der Waals surface area contributed by atoms with Crippen molar-refractivity contribution in [1.29, 1.82) is 0 Å². The number of ether oxygens (including phenoxy) is 1. The summed E-state index contributed by atoms with van der Waals surface area (Å²) in [5.41, 5.74) is 0.460. The Balaban J connectivity index is 2.00. The lowest BCUT2D eigenvalue weighted by molar-refractivity contribution is -0.000298. The molecule has 1 fully saturated rings. The molecule has 2 rings (SSSR count). The molecule has 5 heteroatoms. The van der Waals surface area contributed by atoms with E-state index in [0.29, 0.717) is 18.1 Å². The first kappa shape index (κ1) is 14.9. The summed E-state index contributed by atoms with van der Waals surface area (Å²) in [7, 11) is 1.80. The van der Waals surface area contributed by atoms with Gasteiger partial charge in [0.15, 0.2) is 0 Å². The number of hydrogen-bond donors (Lipinski definition) is 0. The molecule has 0 saturated carbocycles. The topological polar surface area (TPSA) is 55.3 Å². The SMILES string of the molecule is CC(C)c1nccc(C(=O)N(C)C[C@H]2CCCCO2)n1. The Bertz CT molecular complexity index is 456. The van der Waals surface area contributed by atoms with Crippen LogP contribution in [0.2, 0.25) is 0 Å². The molecule has 0 radical (unpaired) electrons. The van der Waals surface area contributed by atoms with Crippen LogP contribution in [0.4, 0.5) is 0 Å². The number of carbonyl (C=O) groups excluding carboxylic acids is 1. The van der Waals surface area contributed by atoms with Crippen molar-refractivity contribution < 1.29 is 9.53 Å². The Morgan fingerprint density at radius 1 is 1.50 bits per heavy atom. The fourth-order valence-electron chi connectivity index (χ4n) is 2.31. The van der Waals surface area contributed by atoms with Crippen LogP contribution in [0.3, 0.4) is 0 Å². The first-order chi connectivity index (χ1) is 9.58. The van der Waals surface area contributed by atoms with Crippen LogP contribution >= 0.6 is 0 Å². The lowest BCUT2D eigenvalue weighted by Crippen LogP contribution is -2.37. The van der Waals surface area contributed by atoms with E-state index in [2.05, 4.69) is 9.97 Å². The van der Waals surface area contributed by atoms with Crippen molar-refractivity contribution in [3.8, 4) is 0 Å². The molecule has 0 N–H and O–H groups in total. The highest BCUT2D eigenvalue weighted by Crippen LogP contribution is 2.15. The van der Waals surface area contributed by atoms with Crippen LogP contribution in [0.25, 0.3) is 0 Å². The van der Waals surface area contributed by atoms with E-state index < -0.39 is 0 Å². The van der Waals surface area contributed by atoms with Crippen LogP contribution in [0.15, 0.2) is 12.3 Å². The lowest BCUT2D eigenvalue weighted by atomic mass is 10.1. The average Bonchev–Trinajstić information content (AvgIpc) is 2.47. The number of amides is 1. The normalized spacial score (nSPS) is 19.1. The molecule has 0 aromatic carbocycles. The van der Waals surface area contributed by atoms with Gasteiger partial charge in [0.1, 0.15) is 11.5 Å². The Labute approximate surface area is 120 Å². The van der Waals surface area contributed by atoms with E-state index in [1.54, 1.807) is 24.2 Å². The standard InChI is InChI=1S/C15H23N3O2/c1-11(2)14-16-8-7-13(17-14)15(19)18(3)10-12-6-4-5-9-20-12/h7-8,11-12H,4-6,9-10H2,1-3H3/t12-/m1/s1. The van der Waals surface area contributed by atoms with Crippen molar-refractivity contribution in [2.75, 3.05) is 20.2 Å². The third-order valence-corrected chi connectivity index (χ3v) is 3.51. The van der Waals surface area contributed by atoms with Gasteiger partial charge >= 0.3 is 0 Å². The van der Waals surface area contributed by atoms with Crippen molar-refractivity contribution in [2.45, 2.75) is 45.1 Å². The third kappa shape index (κ3) is 3.76. The number of aromatic nitrogens is 2. The predicted octanol–water partition coefficient (Wildman–Crippen LogP) is 2.24. The van der Waals surface area contributed by atoms with Crippen molar-refractivity contribution in [3.05, 3.63) is 23.8 Å². The fraction of sp³-hybridized carbons (Fsp3) is 0.667. The molecule has 0 spiro atoms. The summed E-state index contributed by atoms with van der Waals surface area (Å²) in [6.07, 6.45) is 5.14. The monoisotopic (exact) mass is 277 g/mol. The van der Waals surface area contributed by atoms with E-state index >= 15 is 0 Å². The van der Waals surface area contributed by atoms with Crippen molar-refractivity contribution in [3.63, 3.8) is 0 Å². The molecule has 1 atom stereocenters. The van der Waals surface area contributed by atoms with Crippen LogP contribution in [-0.2, 0) is 4.74 Å². The molecule has 0 bridgehead atoms. The summed E-state index contributed by atoms with van der Waals surface area (Å²) < 4.78 is 5.67. The second kappa shape index (κ2) is 6.79. The summed E-state index contributed by atoms with van der Waals surface area (Å²) in [6, 6.07) is 1.67. The van der Waals surface area contributed by atoms with Crippen molar-refractivity contribution in [2.24, 2.45) is 0 Å². The number of carbonyl (C=O) groups is 1. The largest absolute Gasteiger partial charge is 0.376 e. The lowest BCUT2D eigenvalue weighted by Gasteiger charge is -2.27. The smallest absolute Gasteiger partial charge is 0.272 e. The van der Waals surface area contributed by atoms with Crippen LogP contribution in [0.5, 0.6) is 0 Å². The molecule has 0 unspecified atom stereocenters. The minimum Gasteiger partial charge on any atom is -0.376 e. The molecular weight excluding hydrogens is 254 g/mol. The van der Waals surface area contributed by atoms with E-state index in [1.165, 1.54) is 6.42 Å². The first-order valence-corrected chi connectivity index (χ1v) is 7.28. The highest BCUT2D eigenvalue weighted by molar-refractivity contribution is 5.92. The van der Waals surface area contributed by atoms with Gasteiger partial charge in [0.05, 0.1) is 6.10 Å². The van der Waals surface area contributed by atoms with E-state index in [0.717, 1.165) is 19.4 Å². The third-order valence-electron chi connectivity index (χ3n) is 3.51. The van der Waals surface area contributed by atoms with Crippen LogP contribution in [-0.4, -0.2) is 47.1 Å². The number of nitrogens with zero attached hydrogens (tertiary/aromatic N) is 3. The highest BCUT2D eigenvalue weighted by Gasteiger charge is 2.21. The van der Waals surface area contributed by atoms with Gasteiger partial charge in [-0.25, -0.2) is 9.97 Å². The summed E-state index contributed by atoms with van der Waals surface area (Å²) >= 11 is 0. The van der Waals surface area contributed by atoms with Crippen LogP contribution in [0.1, 0.15) is 55.3 Å². The van der Waals surface area contributed by atoms with Gasteiger partial charge in [0.25, 0.3) is 5.91 Å². The van der Waals surface area contributed by atoms with Crippen LogP contribution in [0, 0.1) is 0 Å². The second-order valence-corrected chi connectivity index (χ2v) is 5.63. The van der Waals surface area contributed by atoms with Gasteiger partial charge in [0, 0.05) is 32.3 Å². The molecule has 20 heavy (non-hydrogen) atoms. The van der Waals surface area contributed by atoms with Crippen molar-refractivity contribution >= 4 is 5.91 Å². The van der Waals surface area contributed by atoms with Gasteiger partial charge in [0.2, 0.25) is 0 Å². The van der Waals surface area contributed by atoms with E-state index in [1.807, 2.05) is 13.8 Å². The molecular formula is C15H23N3O2. The maximum atomic E-state index is 12.4. The summed E-state index contributed by atoms with van der Waals surface area (Å²) in [5.74, 6) is 0.858. The van der Waals surface area contributed by atoms with Gasteiger partial charge < -0.3 is 9.64 Å². The molecule has 1 saturated heterocycles. The van der Waals surface area contributed by atoms with Gasteiger partial charge in [-0.15, -0.1) is 0 Å². The number of likely N-dealkylation sites (N-methyl/N-ethyl adjacent to an activating group) is 1. The number of rotatable bonds is 4.